The number of carboxylic acid groups (broad SMARTS) is 2. The van der Waals surface area contributed by atoms with Crippen LogP contribution in [0.1, 0.15) is 5.56 Å². The third-order valence-corrected chi connectivity index (χ3v) is 4.91. The van der Waals surface area contributed by atoms with Gasteiger partial charge in [0.2, 0.25) is 5.54 Å². The van der Waals surface area contributed by atoms with Crippen LogP contribution < -0.4 is 10.6 Å². The van der Waals surface area contributed by atoms with Crippen molar-refractivity contribution in [1.82, 2.24) is 0 Å². The predicted molar refractivity (Wildman–Crippen MR) is 98.2 cm³/mol. The molecule has 0 aliphatic carbocycles. The maximum atomic E-state index is 12.4. The summed E-state index contributed by atoms with van der Waals surface area (Å²) in [7, 11) is 0. The fourth-order valence-electron chi connectivity index (χ4n) is 3.01. The number of rotatable bonds is 4. The van der Waals surface area contributed by atoms with E-state index in [0.717, 1.165) is 0 Å². The van der Waals surface area contributed by atoms with Crippen molar-refractivity contribution < 1.29 is 19.8 Å². The van der Waals surface area contributed by atoms with Gasteiger partial charge in [-0.15, -0.1) is 0 Å². The van der Waals surface area contributed by atoms with Crippen LogP contribution in [0.3, 0.4) is 0 Å². The molecule has 0 fully saturated rings. The highest BCUT2D eigenvalue weighted by Gasteiger charge is 2.50. The van der Waals surface area contributed by atoms with Crippen molar-refractivity contribution in [2.45, 2.75) is 5.54 Å². The van der Waals surface area contributed by atoms with Gasteiger partial charge in [0.1, 0.15) is 0 Å². The summed E-state index contributed by atoms with van der Waals surface area (Å²) in [6.07, 6.45) is 0. The number of hydrogen-bond acceptors (Lipinski definition) is 3. The summed E-state index contributed by atoms with van der Waals surface area (Å²) in [5.41, 5.74) is -2.60. The van der Waals surface area contributed by atoms with Gasteiger partial charge < -0.3 is 10.2 Å². The minimum Gasteiger partial charge on any atom is -0.479 e. The van der Waals surface area contributed by atoms with Gasteiger partial charge in [0.15, 0.2) is 0 Å². The van der Waals surface area contributed by atoms with Crippen LogP contribution in [-0.4, -0.2) is 22.2 Å². The molecule has 8 heteroatoms. The molecule has 1 atom stereocenters. The Hall–Kier alpha value is -2.34. The summed E-state index contributed by atoms with van der Waals surface area (Å²) >= 11 is 18.5. The molecule has 1 aliphatic heterocycles. The van der Waals surface area contributed by atoms with Crippen LogP contribution in [0.15, 0.2) is 53.5 Å². The molecule has 0 bridgehead atoms. The molecule has 2 aromatic rings. The third kappa shape index (κ3) is 2.60. The molecular formula is C18H10Cl3NO4. The summed E-state index contributed by atoms with van der Waals surface area (Å²) in [5, 5.41) is 20.3. The number of fused-ring (bicyclic) bond motifs is 1. The van der Waals surface area contributed by atoms with E-state index in [1.54, 1.807) is 12.1 Å². The molecule has 1 heterocycles. The Bertz CT molecular complexity index is 1110. The second kappa shape index (κ2) is 6.43. The zero-order valence-corrected chi connectivity index (χ0v) is 15.2. The minimum absolute atomic E-state index is 0.0730. The van der Waals surface area contributed by atoms with E-state index in [0.29, 0.717) is 0 Å². The molecule has 26 heavy (non-hydrogen) atoms. The van der Waals surface area contributed by atoms with Crippen LogP contribution in [0.4, 0.5) is 0 Å². The lowest BCUT2D eigenvalue weighted by Gasteiger charge is -2.27. The van der Waals surface area contributed by atoms with E-state index in [-0.39, 0.29) is 36.8 Å². The Morgan fingerprint density at radius 1 is 1.04 bits per heavy atom. The van der Waals surface area contributed by atoms with Crippen LogP contribution >= 0.6 is 34.8 Å². The van der Waals surface area contributed by atoms with Crippen LogP contribution in [0.25, 0.3) is 5.57 Å². The van der Waals surface area contributed by atoms with Gasteiger partial charge in [0.25, 0.3) is 0 Å². The second-order valence-corrected chi connectivity index (χ2v) is 6.80. The highest BCUT2D eigenvalue weighted by molar-refractivity contribution is 6.35. The first-order valence-electron chi connectivity index (χ1n) is 7.21. The van der Waals surface area contributed by atoms with Gasteiger partial charge in [-0.3, -0.25) is 4.99 Å². The highest BCUT2D eigenvalue weighted by Crippen LogP contribution is 2.43. The molecule has 0 aromatic heterocycles. The maximum Gasteiger partial charge on any atom is 0.341 e. The number of aliphatic carboxylic acids is 2. The topological polar surface area (TPSA) is 87.0 Å². The lowest BCUT2D eigenvalue weighted by molar-refractivity contribution is -0.141. The predicted octanol–water partition coefficient (Wildman–Crippen LogP) is 3.05. The number of hydrogen-bond donors (Lipinski definition) is 2. The molecule has 132 valence electrons. The second-order valence-electron chi connectivity index (χ2n) is 5.55. The average Bonchev–Trinajstić information content (AvgIpc) is 2.90. The molecule has 0 radical (unpaired) electrons. The van der Waals surface area contributed by atoms with Gasteiger partial charge in [-0.2, -0.15) is 0 Å². The van der Waals surface area contributed by atoms with Crippen LogP contribution in [0.5, 0.6) is 0 Å². The Labute approximate surface area is 162 Å². The molecule has 2 N–H and O–H groups in total. The summed E-state index contributed by atoms with van der Waals surface area (Å²) in [6.45, 7) is 3.54. The summed E-state index contributed by atoms with van der Waals surface area (Å²) < 4.78 is 0. The molecule has 1 aliphatic rings. The smallest absolute Gasteiger partial charge is 0.341 e. The number of nitrogens with zero attached hydrogens (tertiary/aromatic N) is 1. The fourth-order valence-corrected chi connectivity index (χ4v) is 3.86. The first kappa shape index (κ1) is 18.5. The Kier molecular flexibility index (Phi) is 4.56. The van der Waals surface area contributed by atoms with Crippen LogP contribution in [0.2, 0.25) is 15.1 Å². The lowest BCUT2D eigenvalue weighted by Crippen LogP contribution is -2.37. The molecule has 0 saturated heterocycles. The lowest BCUT2D eigenvalue weighted by atomic mass is 9.80. The van der Waals surface area contributed by atoms with Crippen molar-refractivity contribution in [3.8, 4) is 0 Å². The van der Waals surface area contributed by atoms with E-state index in [1.165, 1.54) is 24.3 Å². The Morgan fingerprint density at radius 2 is 1.69 bits per heavy atom. The SMILES string of the molecule is C=C(C(=O)O)C1=c2c(Cl)cc(Cl)cc2=NC1(C(=O)O)c1ccccc1Cl. The molecule has 1 unspecified atom stereocenters. The zero-order chi connectivity index (χ0) is 19.2. The van der Waals surface area contributed by atoms with E-state index >= 15 is 0 Å². The van der Waals surface area contributed by atoms with E-state index in [9.17, 15) is 19.8 Å². The van der Waals surface area contributed by atoms with E-state index in [2.05, 4.69) is 11.6 Å². The Balaban J connectivity index is 2.58. The quantitative estimate of drug-likeness (QED) is 0.759. The number of carbonyl (C=O) groups is 2. The molecule has 0 saturated carbocycles. The first-order valence-corrected chi connectivity index (χ1v) is 8.34. The van der Waals surface area contributed by atoms with Crippen molar-refractivity contribution in [2.24, 2.45) is 4.99 Å². The van der Waals surface area contributed by atoms with Gasteiger partial charge in [-0.1, -0.05) is 59.6 Å². The standard InChI is InChI=1S/C18H10Cl3NO4/c1-8(16(23)24)15-14-12(21)6-9(19)7-13(14)22-18(15,17(25)26)10-4-2-3-5-11(10)20/h2-7H,1H2,(H,23,24)(H,25,26). The fraction of sp³-hybridized carbons (Fsp3) is 0.0556. The highest BCUT2D eigenvalue weighted by atomic mass is 35.5. The zero-order valence-electron chi connectivity index (χ0n) is 13.0. The van der Waals surface area contributed by atoms with Crippen molar-refractivity contribution in [2.75, 3.05) is 0 Å². The van der Waals surface area contributed by atoms with Gasteiger partial charge in [-0.05, 0) is 18.2 Å². The van der Waals surface area contributed by atoms with Crippen molar-refractivity contribution in [3.05, 3.63) is 79.8 Å². The normalized spacial score (nSPS) is 18.2. The largest absolute Gasteiger partial charge is 0.479 e. The van der Waals surface area contributed by atoms with E-state index < -0.39 is 23.1 Å². The van der Waals surface area contributed by atoms with Gasteiger partial charge >= 0.3 is 11.9 Å². The number of benzene rings is 2. The van der Waals surface area contributed by atoms with Gasteiger partial charge in [0.05, 0.1) is 16.0 Å². The molecule has 5 nitrogen and oxygen atoms in total. The van der Waals surface area contributed by atoms with Crippen LogP contribution in [-0.2, 0) is 15.1 Å². The van der Waals surface area contributed by atoms with E-state index in [4.69, 9.17) is 34.8 Å². The van der Waals surface area contributed by atoms with Crippen LogP contribution in [0, 0.1) is 0 Å². The first-order chi connectivity index (χ1) is 12.2. The van der Waals surface area contributed by atoms with Gasteiger partial charge in [-0.25, -0.2) is 9.59 Å². The summed E-state index contributed by atoms with van der Waals surface area (Å²) in [5.74, 6) is -2.81. The molecule has 0 amide bonds. The number of carboxylic acids is 2. The maximum absolute atomic E-state index is 12.4. The summed E-state index contributed by atoms with van der Waals surface area (Å²) in [6, 6.07) is 8.97. The molecule has 2 aromatic carbocycles. The minimum atomic E-state index is -2.11. The molecule has 0 spiro atoms. The van der Waals surface area contributed by atoms with E-state index in [1.807, 2.05) is 0 Å². The summed E-state index contributed by atoms with van der Waals surface area (Å²) in [4.78, 5) is 28.3. The van der Waals surface area contributed by atoms with Gasteiger partial charge in [0, 0.05) is 26.4 Å². The average molecular weight is 411 g/mol. The Morgan fingerprint density at radius 3 is 2.27 bits per heavy atom. The van der Waals surface area contributed by atoms with Crippen molar-refractivity contribution in [3.63, 3.8) is 0 Å². The molecular weight excluding hydrogens is 401 g/mol. The monoisotopic (exact) mass is 409 g/mol. The van der Waals surface area contributed by atoms with Crippen molar-refractivity contribution in [1.29, 1.82) is 0 Å². The third-order valence-electron chi connectivity index (χ3n) is 4.07. The molecule has 3 rings (SSSR count). The van der Waals surface area contributed by atoms with Crippen molar-refractivity contribution >= 4 is 52.3 Å². The number of halogens is 3.